The third-order valence-electron chi connectivity index (χ3n) is 5.55. The van der Waals surface area contributed by atoms with Crippen molar-refractivity contribution >= 4 is 0 Å². The molecule has 0 aromatic carbocycles. The van der Waals surface area contributed by atoms with Gasteiger partial charge in [0.25, 0.3) is 0 Å². The average molecular weight is 224 g/mol. The van der Waals surface area contributed by atoms with Gasteiger partial charge in [-0.25, -0.2) is 0 Å². The van der Waals surface area contributed by atoms with Crippen LogP contribution in [0.2, 0.25) is 0 Å². The van der Waals surface area contributed by atoms with Crippen molar-refractivity contribution in [3.05, 3.63) is 0 Å². The molecule has 0 aromatic heterocycles. The second-order valence-electron chi connectivity index (χ2n) is 6.43. The maximum atomic E-state index is 6.57. The van der Waals surface area contributed by atoms with Gasteiger partial charge < -0.3 is 22.9 Å². The zero-order valence-corrected chi connectivity index (χ0v) is 9.86. The van der Waals surface area contributed by atoms with Gasteiger partial charge in [0.05, 0.1) is 0 Å². The molecule has 3 rings (SSSR count). The van der Waals surface area contributed by atoms with Crippen LogP contribution in [0.1, 0.15) is 38.5 Å². The van der Waals surface area contributed by atoms with E-state index in [1.165, 1.54) is 0 Å². The van der Waals surface area contributed by atoms with E-state index in [1.807, 2.05) is 0 Å². The van der Waals surface area contributed by atoms with E-state index in [1.54, 1.807) is 0 Å². The third kappa shape index (κ3) is 1.24. The SMILES string of the molecule is NC1CCC2(N)CCC3(N)CCC(N)C1C23. The molecule has 4 atom stereocenters. The van der Waals surface area contributed by atoms with Crippen LogP contribution in [0.3, 0.4) is 0 Å². The minimum absolute atomic E-state index is 0.0761. The lowest BCUT2D eigenvalue weighted by molar-refractivity contribution is 0.0271. The molecule has 0 aromatic rings. The summed E-state index contributed by atoms with van der Waals surface area (Å²) in [7, 11) is 0. The summed E-state index contributed by atoms with van der Waals surface area (Å²) >= 11 is 0. The van der Waals surface area contributed by atoms with Gasteiger partial charge in [-0.15, -0.1) is 0 Å². The smallest absolute Gasteiger partial charge is 0.0205 e. The van der Waals surface area contributed by atoms with Gasteiger partial charge in [-0.1, -0.05) is 0 Å². The van der Waals surface area contributed by atoms with E-state index in [9.17, 15) is 0 Å². The summed E-state index contributed by atoms with van der Waals surface area (Å²) in [5, 5.41) is 0. The Balaban J connectivity index is 2.02. The highest BCUT2D eigenvalue weighted by atomic mass is 15.0. The highest BCUT2D eigenvalue weighted by Gasteiger charge is 2.61. The Kier molecular flexibility index (Phi) is 2.19. The maximum Gasteiger partial charge on any atom is 0.0205 e. The average Bonchev–Trinajstić information content (AvgIpc) is 2.52. The van der Waals surface area contributed by atoms with Crippen LogP contribution in [0.15, 0.2) is 0 Å². The molecule has 0 amide bonds. The summed E-state index contributed by atoms with van der Waals surface area (Å²) in [5.41, 5.74) is 25.5. The van der Waals surface area contributed by atoms with Crippen molar-refractivity contribution in [3.63, 3.8) is 0 Å². The van der Waals surface area contributed by atoms with Gasteiger partial charge in [-0.2, -0.15) is 0 Å². The molecule has 3 saturated carbocycles. The Bertz CT molecular complexity index is 271. The van der Waals surface area contributed by atoms with Crippen LogP contribution in [0.5, 0.6) is 0 Å². The van der Waals surface area contributed by atoms with E-state index in [2.05, 4.69) is 0 Å². The lowest BCUT2D eigenvalue weighted by Gasteiger charge is -2.55. The molecule has 4 nitrogen and oxygen atoms in total. The first-order valence-corrected chi connectivity index (χ1v) is 6.55. The maximum absolute atomic E-state index is 6.57. The van der Waals surface area contributed by atoms with Crippen molar-refractivity contribution in [1.29, 1.82) is 0 Å². The van der Waals surface area contributed by atoms with Crippen LogP contribution in [-0.4, -0.2) is 23.2 Å². The topological polar surface area (TPSA) is 104 Å². The molecular weight excluding hydrogens is 200 g/mol. The standard InChI is InChI=1S/C12H24N4/c13-7-1-3-11(15)5-6-12(16)4-2-8(14)9(7)10(11)12/h7-10H,1-6,13-16H2. The van der Waals surface area contributed by atoms with E-state index in [-0.39, 0.29) is 23.2 Å². The first-order valence-electron chi connectivity index (χ1n) is 6.55. The van der Waals surface area contributed by atoms with Crippen LogP contribution in [0.4, 0.5) is 0 Å². The van der Waals surface area contributed by atoms with Crippen molar-refractivity contribution in [1.82, 2.24) is 0 Å². The molecule has 3 aliphatic rings. The highest BCUT2D eigenvalue weighted by Crippen LogP contribution is 2.55. The largest absolute Gasteiger partial charge is 0.327 e. The molecule has 0 radical (unpaired) electrons. The molecule has 16 heavy (non-hydrogen) atoms. The van der Waals surface area contributed by atoms with Crippen LogP contribution in [-0.2, 0) is 0 Å². The molecule has 0 bridgehead atoms. The predicted octanol–water partition coefficient (Wildman–Crippen LogP) is -0.350. The van der Waals surface area contributed by atoms with Gasteiger partial charge in [0.15, 0.2) is 0 Å². The predicted molar refractivity (Wildman–Crippen MR) is 64.5 cm³/mol. The first-order chi connectivity index (χ1) is 7.46. The number of hydrogen-bond donors (Lipinski definition) is 4. The Hall–Kier alpha value is -0.160. The first kappa shape index (κ1) is 11.0. The molecule has 92 valence electrons. The molecule has 0 aliphatic heterocycles. The lowest BCUT2D eigenvalue weighted by atomic mass is 9.56. The third-order valence-corrected chi connectivity index (χ3v) is 5.55. The molecule has 0 heterocycles. The van der Waals surface area contributed by atoms with Crippen LogP contribution in [0.25, 0.3) is 0 Å². The molecule has 3 fully saturated rings. The summed E-state index contributed by atoms with van der Waals surface area (Å²) < 4.78 is 0. The van der Waals surface area contributed by atoms with Gasteiger partial charge in [-0.3, -0.25) is 0 Å². The number of rotatable bonds is 0. The molecule has 8 N–H and O–H groups in total. The van der Waals surface area contributed by atoms with Crippen molar-refractivity contribution in [2.24, 2.45) is 34.8 Å². The zero-order valence-electron chi connectivity index (χ0n) is 9.86. The van der Waals surface area contributed by atoms with Crippen LogP contribution in [0, 0.1) is 11.8 Å². The minimum atomic E-state index is -0.0761. The summed E-state index contributed by atoms with van der Waals surface area (Å²) in [6.45, 7) is 0. The Morgan fingerprint density at radius 1 is 0.750 bits per heavy atom. The molecule has 4 heteroatoms. The van der Waals surface area contributed by atoms with Crippen molar-refractivity contribution in [2.45, 2.75) is 61.7 Å². The second kappa shape index (κ2) is 3.19. The number of hydrogen-bond acceptors (Lipinski definition) is 4. The van der Waals surface area contributed by atoms with Gasteiger partial charge in [0, 0.05) is 29.1 Å². The Morgan fingerprint density at radius 2 is 1.19 bits per heavy atom. The summed E-state index contributed by atoms with van der Waals surface area (Å²) in [6.07, 6.45) is 6.21. The van der Waals surface area contributed by atoms with E-state index in [0.29, 0.717) is 11.8 Å². The second-order valence-corrected chi connectivity index (χ2v) is 6.43. The summed E-state index contributed by atoms with van der Waals surface area (Å²) in [5.74, 6) is 0.701. The van der Waals surface area contributed by atoms with Gasteiger partial charge in [0.2, 0.25) is 0 Å². The van der Waals surface area contributed by atoms with Gasteiger partial charge in [0.1, 0.15) is 0 Å². The quantitative estimate of drug-likeness (QED) is 0.451. The summed E-state index contributed by atoms with van der Waals surface area (Å²) in [6, 6.07) is 0.413. The van der Waals surface area contributed by atoms with E-state index in [4.69, 9.17) is 22.9 Å². The lowest BCUT2D eigenvalue weighted by Crippen LogP contribution is -2.68. The minimum Gasteiger partial charge on any atom is -0.327 e. The normalized spacial score (nSPS) is 60.8. The van der Waals surface area contributed by atoms with E-state index < -0.39 is 0 Å². The molecule has 0 saturated heterocycles. The van der Waals surface area contributed by atoms with Crippen molar-refractivity contribution in [2.75, 3.05) is 0 Å². The van der Waals surface area contributed by atoms with Gasteiger partial charge >= 0.3 is 0 Å². The fourth-order valence-electron chi connectivity index (χ4n) is 4.74. The number of nitrogens with two attached hydrogens (primary N) is 4. The fourth-order valence-corrected chi connectivity index (χ4v) is 4.74. The zero-order chi connectivity index (χ0) is 11.6. The fraction of sp³-hybridized carbons (Fsp3) is 1.00. The molecular formula is C12H24N4. The Labute approximate surface area is 97.1 Å². The Morgan fingerprint density at radius 3 is 1.62 bits per heavy atom. The van der Waals surface area contributed by atoms with E-state index >= 15 is 0 Å². The van der Waals surface area contributed by atoms with Gasteiger partial charge in [-0.05, 0) is 44.4 Å². The molecule has 0 spiro atoms. The monoisotopic (exact) mass is 224 g/mol. The molecule has 4 unspecified atom stereocenters. The van der Waals surface area contributed by atoms with Crippen molar-refractivity contribution in [3.8, 4) is 0 Å². The van der Waals surface area contributed by atoms with Crippen LogP contribution < -0.4 is 22.9 Å². The van der Waals surface area contributed by atoms with Crippen LogP contribution >= 0.6 is 0 Å². The highest BCUT2D eigenvalue weighted by molar-refractivity contribution is 5.20. The molecule has 3 aliphatic carbocycles. The summed E-state index contributed by atoms with van der Waals surface area (Å²) in [4.78, 5) is 0. The van der Waals surface area contributed by atoms with Crippen molar-refractivity contribution < 1.29 is 0 Å². The van der Waals surface area contributed by atoms with E-state index in [0.717, 1.165) is 38.5 Å².